The third-order valence-electron chi connectivity index (χ3n) is 6.28. The van der Waals surface area contributed by atoms with Crippen molar-refractivity contribution >= 4 is 17.6 Å². The average molecular weight is 589 g/mol. The Bertz CT molecular complexity index is 1320. The van der Waals surface area contributed by atoms with Gasteiger partial charge >= 0.3 is 12.4 Å². The van der Waals surface area contributed by atoms with Crippen LogP contribution in [0.25, 0.3) is 0 Å². The lowest BCUT2D eigenvalue weighted by molar-refractivity contribution is -0.274. The second-order valence-corrected chi connectivity index (χ2v) is 9.09. The van der Waals surface area contributed by atoms with Gasteiger partial charge in [-0.3, -0.25) is 4.79 Å². The highest BCUT2D eigenvalue weighted by molar-refractivity contribution is 5.94. The summed E-state index contributed by atoms with van der Waals surface area (Å²) in [6, 6.07) is 16.9. The number of methoxy groups -OCH3 is 1. The summed E-state index contributed by atoms with van der Waals surface area (Å²) in [5, 5.41) is 8.06. The second-order valence-electron chi connectivity index (χ2n) is 9.09. The molecule has 0 heterocycles. The maximum atomic E-state index is 12.6. The van der Waals surface area contributed by atoms with Gasteiger partial charge in [-0.25, -0.2) is 4.79 Å². The summed E-state index contributed by atoms with van der Waals surface area (Å²) in [5.74, 6) is 0.0588. The van der Waals surface area contributed by atoms with E-state index in [9.17, 15) is 22.8 Å². The van der Waals surface area contributed by atoms with Crippen LogP contribution >= 0.6 is 0 Å². The topological polar surface area (TPSA) is 101 Å². The zero-order chi connectivity index (χ0) is 30.5. The number of carbonyl (C=O) groups excluding carboxylic acids is 2. The Balaban J connectivity index is 1.53. The molecule has 0 atom stereocenters. The van der Waals surface area contributed by atoms with Crippen LogP contribution in [0.1, 0.15) is 35.3 Å². The molecule has 0 bridgehead atoms. The number of carbonyl (C=O) groups is 2. The molecule has 0 unspecified atom stereocenters. The summed E-state index contributed by atoms with van der Waals surface area (Å²) >= 11 is 0. The van der Waals surface area contributed by atoms with Crippen LogP contribution in [0.4, 0.5) is 23.7 Å². The molecule has 0 aliphatic carbocycles. The molecule has 42 heavy (non-hydrogen) atoms. The molecule has 3 aromatic carbocycles. The maximum Gasteiger partial charge on any atom is 0.573 e. The van der Waals surface area contributed by atoms with E-state index in [0.717, 1.165) is 37.3 Å². The number of hydrogen-bond donors (Lipinski definition) is 3. The number of para-hydroxylation sites is 1. The number of halogens is 3. The van der Waals surface area contributed by atoms with Crippen LogP contribution in [0.2, 0.25) is 0 Å². The Hall–Kier alpha value is -4.45. The molecule has 3 N–H and O–H groups in total. The minimum Gasteiger partial charge on any atom is -0.495 e. The predicted molar refractivity (Wildman–Crippen MR) is 153 cm³/mol. The summed E-state index contributed by atoms with van der Waals surface area (Å²) in [4.78, 5) is 27.2. The van der Waals surface area contributed by atoms with Crippen LogP contribution in [0.5, 0.6) is 17.2 Å². The van der Waals surface area contributed by atoms with E-state index < -0.39 is 18.1 Å². The first-order chi connectivity index (χ1) is 20.1. The summed E-state index contributed by atoms with van der Waals surface area (Å²) in [6.45, 7) is 7.70. The Morgan fingerprint density at radius 3 is 2.29 bits per heavy atom. The van der Waals surface area contributed by atoms with Gasteiger partial charge in [0.25, 0.3) is 5.91 Å². The fourth-order valence-electron chi connectivity index (χ4n) is 4.00. The summed E-state index contributed by atoms with van der Waals surface area (Å²) in [6.07, 6.45) is -4.88. The van der Waals surface area contributed by atoms with Crippen LogP contribution in [-0.2, 0) is 13.2 Å². The van der Waals surface area contributed by atoms with Crippen LogP contribution in [0.15, 0.2) is 66.7 Å². The lowest BCUT2D eigenvalue weighted by Gasteiger charge is -2.18. The molecule has 0 radical (unpaired) electrons. The van der Waals surface area contributed by atoms with E-state index in [4.69, 9.17) is 9.47 Å². The average Bonchev–Trinajstić information content (AvgIpc) is 2.97. The number of urea groups is 1. The zero-order valence-corrected chi connectivity index (χ0v) is 23.7. The summed E-state index contributed by atoms with van der Waals surface area (Å²) < 4.78 is 52.8. The highest BCUT2D eigenvalue weighted by Gasteiger charge is 2.31. The molecule has 0 aliphatic rings. The lowest BCUT2D eigenvalue weighted by Crippen LogP contribution is -2.34. The zero-order valence-electron chi connectivity index (χ0n) is 23.7. The van der Waals surface area contributed by atoms with Crippen LogP contribution in [0.3, 0.4) is 0 Å². The Morgan fingerprint density at radius 2 is 1.62 bits per heavy atom. The SMILES string of the molecule is CCN(CC)CCNC(=O)c1ccc(COc2ccccc2CNC(=O)Nc2cc(OC(F)(F)F)ccc2OC)cc1. The normalized spacial score (nSPS) is 11.1. The summed E-state index contributed by atoms with van der Waals surface area (Å²) in [5.41, 5.74) is 2.09. The number of likely N-dealkylation sites (N-methyl/N-ethyl adjacent to an activating group) is 1. The number of hydrogen-bond acceptors (Lipinski definition) is 6. The van der Waals surface area contributed by atoms with Crippen molar-refractivity contribution in [2.24, 2.45) is 0 Å². The number of alkyl halides is 3. The minimum absolute atomic E-state index is 0.00213. The molecule has 3 amide bonds. The molecule has 0 saturated heterocycles. The molecule has 226 valence electrons. The van der Waals surface area contributed by atoms with Crippen molar-refractivity contribution in [1.82, 2.24) is 15.5 Å². The van der Waals surface area contributed by atoms with E-state index in [-0.39, 0.29) is 30.5 Å². The first-order valence-electron chi connectivity index (χ1n) is 13.4. The van der Waals surface area contributed by atoms with Crippen LogP contribution in [-0.4, -0.2) is 56.5 Å². The van der Waals surface area contributed by atoms with Crippen molar-refractivity contribution in [3.8, 4) is 17.2 Å². The third kappa shape index (κ3) is 10.2. The third-order valence-corrected chi connectivity index (χ3v) is 6.28. The van der Waals surface area contributed by atoms with Gasteiger partial charge in [0.1, 0.15) is 23.9 Å². The van der Waals surface area contributed by atoms with E-state index >= 15 is 0 Å². The molecule has 0 aliphatic heterocycles. The van der Waals surface area contributed by atoms with Crippen molar-refractivity contribution in [3.05, 3.63) is 83.4 Å². The Morgan fingerprint density at radius 1 is 0.905 bits per heavy atom. The van der Waals surface area contributed by atoms with E-state index in [1.54, 1.807) is 36.4 Å². The van der Waals surface area contributed by atoms with Gasteiger partial charge in [0.2, 0.25) is 0 Å². The molecule has 3 rings (SSSR count). The molecular weight excluding hydrogens is 553 g/mol. The number of nitrogens with zero attached hydrogens (tertiary/aromatic N) is 1. The van der Waals surface area contributed by atoms with Gasteiger partial charge in [0, 0.05) is 36.8 Å². The standard InChI is InChI=1S/C30H35F3N4O5/c1-4-37(5-2)17-16-34-28(38)22-12-10-21(11-13-22)20-41-26-9-7-6-8-23(26)19-35-29(39)36-25-18-24(42-30(31,32)33)14-15-27(25)40-3/h6-15,18H,4-5,16-17,19-20H2,1-3H3,(H,34,38)(H2,35,36,39). The first-order valence-corrected chi connectivity index (χ1v) is 13.4. The largest absolute Gasteiger partial charge is 0.573 e. The highest BCUT2D eigenvalue weighted by atomic mass is 19.4. The van der Waals surface area contributed by atoms with Gasteiger partial charge < -0.3 is 35.1 Å². The Kier molecular flexibility index (Phi) is 11.9. The Labute approximate surface area is 242 Å². The smallest absolute Gasteiger partial charge is 0.495 e. The van der Waals surface area contributed by atoms with Gasteiger partial charge in [-0.15, -0.1) is 13.2 Å². The monoisotopic (exact) mass is 588 g/mol. The van der Waals surface area contributed by atoms with Crippen molar-refractivity contribution in [2.75, 3.05) is 38.6 Å². The molecule has 0 fully saturated rings. The van der Waals surface area contributed by atoms with E-state index in [1.165, 1.54) is 13.2 Å². The van der Waals surface area contributed by atoms with Gasteiger partial charge in [0.05, 0.1) is 12.8 Å². The van der Waals surface area contributed by atoms with E-state index in [2.05, 4.69) is 39.4 Å². The van der Waals surface area contributed by atoms with Crippen molar-refractivity contribution in [2.45, 2.75) is 33.4 Å². The van der Waals surface area contributed by atoms with Crippen molar-refractivity contribution in [3.63, 3.8) is 0 Å². The van der Waals surface area contributed by atoms with Crippen LogP contribution < -0.4 is 30.2 Å². The predicted octanol–water partition coefficient (Wildman–Crippen LogP) is 5.57. The molecule has 0 aromatic heterocycles. The second kappa shape index (κ2) is 15.5. The fraction of sp³-hybridized carbons (Fsp3) is 0.333. The van der Waals surface area contributed by atoms with E-state index in [1.807, 2.05) is 12.1 Å². The molecule has 3 aromatic rings. The van der Waals surface area contributed by atoms with Gasteiger partial charge in [-0.05, 0) is 49.0 Å². The lowest BCUT2D eigenvalue weighted by atomic mass is 10.1. The maximum absolute atomic E-state index is 12.6. The fourth-order valence-corrected chi connectivity index (χ4v) is 4.00. The van der Waals surface area contributed by atoms with E-state index in [0.29, 0.717) is 23.4 Å². The molecular formula is C30H35F3N4O5. The van der Waals surface area contributed by atoms with Gasteiger partial charge in [-0.1, -0.05) is 44.2 Å². The minimum atomic E-state index is -4.88. The number of ether oxygens (including phenoxy) is 3. The first kappa shape index (κ1) is 32.1. The molecule has 12 heteroatoms. The number of benzene rings is 3. The molecule has 0 saturated carbocycles. The number of rotatable bonds is 14. The van der Waals surface area contributed by atoms with Gasteiger partial charge in [0.15, 0.2) is 0 Å². The van der Waals surface area contributed by atoms with Crippen molar-refractivity contribution < 1.29 is 37.0 Å². The number of amides is 3. The molecule has 9 nitrogen and oxygen atoms in total. The molecule has 0 spiro atoms. The quantitative estimate of drug-likeness (QED) is 0.228. The van der Waals surface area contributed by atoms with Crippen LogP contribution in [0, 0.1) is 0 Å². The summed E-state index contributed by atoms with van der Waals surface area (Å²) in [7, 11) is 1.33. The number of nitrogens with one attached hydrogen (secondary N) is 3. The highest BCUT2D eigenvalue weighted by Crippen LogP contribution is 2.32. The van der Waals surface area contributed by atoms with Gasteiger partial charge in [-0.2, -0.15) is 0 Å². The van der Waals surface area contributed by atoms with Crippen molar-refractivity contribution in [1.29, 1.82) is 0 Å². The number of anilines is 1.